The van der Waals surface area contributed by atoms with E-state index in [1.165, 1.54) is 0 Å². The predicted molar refractivity (Wildman–Crippen MR) is 42.0 cm³/mol. The fourth-order valence-corrected chi connectivity index (χ4v) is 0.648. The molecule has 1 atom stereocenters. The highest BCUT2D eigenvalue weighted by molar-refractivity contribution is 5.85. The van der Waals surface area contributed by atoms with Crippen LogP contribution in [0.2, 0.25) is 0 Å². The smallest absolute Gasteiger partial charge is 0.463 e. The van der Waals surface area contributed by atoms with Gasteiger partial charge < -0.3 is 15.2 Å². The van der Waals surface area contributed by atoms with Crippen LogP contribution in [0.1, 0.15) is 0 Å². The van der Waals surface area contributed by atoms with Gasteiger partial charge in [0.05, 0.1) is 13.7 Å². The number of carbonyl (C=O) groups is 2. The maximum Gasteiger partial charge on any atom is 0.463 e. The van der Waals surface area contributed by atoms with E-state index >= 15 is 0 Å². The first kappa shape index (κ1) is 15.5. The van der Waals surface area contributed by atoms with Crippen LogP contribution < -0.4 is 5.32 Å². The van der Waals surface area contributed by atoms with Crippen LogP contribution in [0.15, 0.2) is 0 Å². The molecule has 0 saturated carbocycles. The lowest BCUT2D eigenvalue weighted by Gasteiger charge is -2.19. The summed E-state index contributed by atoms with van der Waals surface area (Å²) in [5.74, 6) is -9.53. The standard InChI is InChI=1S/C7H8F5NO4/c1-17-4(15)3(14)2-13-5(16)6(8,9)7(10,11)12/h3,14H,2H2,1H3,(H,13,16). The number of carbonyl (C=O) groups excluding carboxylic acids is 2. The average molecular weight is 265 g/mol. The van der Waals surface area contributed by atoms with Crippen LogP contribution >= 0.6 is 0 Å². The second kappa shape index (κ2) is 5.25. The molecule has 10 heteroatoms. The highest BCUT2D eigenvalue weighted by Gasteiger charge is 2.63. The fourth-order valence-electron chi connectivity index (χ4n) is 0.648. The van der Waals surface area contributed by atoms with Gasteiger partial charge >= 0.3 is 18.1 Å². The van der Waals surface area contributed by atoms with Gasteiger partial charge in [-0.15, -0.1) is 0 Å². The molecule has 1 unspecified atom stereocenters. The van der Waals surface area contributed by atoms with E-state index < -0.39 is 36.6 Å². The Bertz CT molecular complexity index is 303. The van der Waals surface area contributed by atoms with Crippen molar-refractivity contribution in [2.75, 3.05) is 13.7 Å². The molecule has 1 amide bonds. The highest BCUT2D eigenvalue weighted by atomic mass is 19.4. The second-order valence-electron chi connectivity index (χ2n) is 2.82. The van der Waals surface area contributed by atoms with Gasteiger partial charge in [0.25, 0.3) is 5.91 Å². The van der Waals surface area contributed by atoms with E-state index in [1.54, 1.807) is 0 Å². The molecule has 17 heavy (non-hydrogen) atoms. The van der Waals surface area contributed by atoms with Crippen LogP contribution in [-0.2, 0) is 14.3 Å². The van der Waals surface area contributed by atoms with Crippen LogP contribution in [-0.4, -0.2) is 48.8 Å². The Morgan fingerprint density at radius 2 is 1.76 bits per heavy atom. The maximum absolute atomic E-state index is 12.3. The molecule has 0 spiro atoms. The number of hydrogen-bond acceptors (Lipinski definition) is 4. The molecule has 0 aromatic carbocycles. The number of alkyl halides is 5. The first-order chi connectivity index (χ1) is 7.54. The molecule has 2 N–H and O–H groups in total. The van der Waals surface area contributed by atoms with Gasteiger partial charge in [0.15, 0.2) is 6.10 Å². The molecular formula is C7H8F5NO4. The zero-order valence-corrected chi connectivity index (χ0v) is 8.35. The molecule has 0 radical (unpaired) electrons. The van der Waals surface area contributed by atoms with E-state index in [0.717, 1.165) is 12.4 Å². The molecule has 0 bridgehead atoms. The molecule has 0 aliphatic carbocycles. The van der Waals surface area contributed by atoms with Gasteiger partial charge in [-0.1, -0.05) is 0 Å². The van der Waals surface area contributed by atoms with Crippen molar-refractivity contribution >= 4 is 11.9 Å². The minimum absolute atomic E-state index is 0.859. The number of halogens is 5. The Balaban J connectivity index is 4.43. The third-order valence-corrected chi connectivity index (χ3v) is 1.57. The molecule has 5 nitrogen and oxygen atoms in total. The quantitative estimate of drug-likeness (QED) is 0.547. The third kappa shape index (κ3) is 3.80. The van der Waals surface area contributed by atoms with Crippen molar-refractivity contribution in [3.05, 3.63) is 0 Å². The molecule has 0 rings (SSSR count). The summed E-state index contributed by atoms with van der Waals surface area (Å²) < 4.78 is 63.6. The number of ether oxygens (including phenoxy) is 1. The zero-order valence-electron chi connectivity index (χ0n) is 8.35. The fraction of sp³-hybridized carbons (Fsp3) is 0.714. The van der Waals surface area contributed by atoms with Crippen molar-refractivity contribution in [1.82, 2.24) is 5.32 Å². The summed E-state index contributed by atoms with van der Waals surface area (Å²) >= 11 is 0. The van der Waals surface area contributed by atoms with Crippen molar-refractivity contribution in [1.29, 1.82) is 0 Å². The zero-order chi connectivity index (χ0) is 13.9. The first-order valence-corrected chi connectivity index (χ1v) is 4.02. The van der Waals surface area contributed by atoms with Crippen LogP contribution in [0.25, 0.3) is 0 Å². The number of esters is 1. The lowest BCUT2D eigenvalue weighted by Crippen LogP contribution is -2.52. The Hall–Kier alpha value is -1.45. The second-order valence-corrected chi connectivity index (χ2v) is 2.82. The van der Waals surface area contributed by atoms with Crippen molar-refractivity contribution < 1.29 is 41.4 Å². The van der Waals surface area contributed by atoms with Gasteiger partial charge in [0.2, 0.25) is 0 Å². The van der Waals surface area contributed by atoms with Gasteiger partial charge in [0, 0.05) is 0 Å². The van der Waals surface area contributed by atoms with Gasteiger partial charge in [-0.2, -0.15) is 22.0 Å². The van der Waals surface area contributed by atoms with E-state index in [0.29, 0.717) is 0 Å². The molecule has 0 aromatic heterocycles. The molecule has 100 valence electrons. The SMILES string of the molecule is COC(=O)C(O)CNC(=O)C(F)(F)C(F)(F)F. The molecule has 0 saturated heterocycles. The number of amides is 1. The summed E-state index contributed by atoms with van der Waals surface area (Å²) in [5, 5.41) is 9.90. The lowest BCUT2D eigenvalue weighted by molar-refractivity contribution is -0.269. The van der Waals surface area contributed by atoms with Crippen molar-refractivity contribution in [3.8, 4) is 0 Å². The highest BCUT2D eigenvalue weighted by Crippen LogP contribution is 2.35. The molecule has 0 aromatic rings. The molecular weight excluding hydrogens is 257 g/mol. The average Bonchev–Trinajstić information content (AvgIpc) is 2.22. The Labute approximate surface area is 91.5 Å². The summed E-state index contributed by atoms with van der Waals surface area (Å²) in [6.45, 7) is -1.11. The maximum atomic E-state index is 12.3. The van der Waals surface area contributed by atoms with Crippen LogP contribution in [0.5, 0.6) is 0 Å². The largest absolute Gasteiger partial charge is 0.467 e. The van der Waals surface area contributed by atoms with Crippen molar-refractivity contribution in [2.24, 2.45) is 0 Å². The summed E-state index contributed by atoms with van der Waals surface area (Å²) in [6.07, 6.45) is -8.07. The van der Waals surface area contributed by atoms with E-state index in [1.807, 2.05) is 0 Å². The minimum Gasteiger partial charge on any atom is -0.467 e. The van der Waals surface area contributed by atoms with Gasteiger partial charge in [0.1, 0.15) is 0 Å². The molecule has 0 aliphatic rings. The lowest BCUT2D eigenvalue weighted by atomic mass is 10.3. The summed E-state index contributed by atoms with van der Waals surface area (Å²) in [6, 6.07) is 0. The van der Waals surface area contributed by atoms with Crippen molar-refractivity contribution in [2.45, 2.75) is 18.2 Å². The monoisotopic (exact) mass is 265 g/mol. The van der Waals surface area contributed by atoms with Crippen LogP contribution in [0.3, 0.4) is 0 Å². The summed E-state index contributed by atoms with van der Waals surface area (Å²) in [5.41, 5.74) is 0. The Morgan fingerprint density at radius 3 is 2.12 bits per heavy atom. The Morgan fingerprint density at radius 1 is 1.29 bits per heavy atom. The number of aliphatic hydroxyl groups excluding tert-OH is 1. The van der Waals surface area contributed by atoms with Gasteiger partial charge in [-0.05, 0) is 0 Å². The summed E-state index contributed by atoms with van der Waals surface area (Å²) in [7, 11) is 0.859. The van der Waals surface area contributed by atoms with E-state index in [4.69, 9.17) is 5.11 Å². The van der Waals surface area contributed by atoms with Gasteiger partial charge in [-0.25, -0.2) is 4.79 Å². The normalized spacial score (nSPS) is 14.1. The number of hydrogen-bond donors (Lipinski definition) is 2. The number of methoxy groups -OCH3 is 1. The summed E-state index contributed by atoms with van der Waals surface area (Å²) in [4.78, 5) is 21.0. The number of aliphatic hydroxyl groups is 1. The molecule has 0 fully saturated rings. The van der Waals surface area contributed by atoms with Crippen LogP contribution in [0, 0.1) is 0 Å². The predicted octanol–water partition coefficient (Wildman–Crippen LogP) is -0.166. The third-order valence-electron chi connectivity index (χ3n) is 1.57. The topological polar surface area (TPSA) is 75.6 Å². The molecule has 0 aliphatic heterocycles. The van der Waals surface area contributed by atoms with E-state index in [2.05, 4.69) is 4.74 Å². The van der Waals surface area contributed by atoms with E-state index in [-0.39, 0.29) is 0 Å². The van der Waals surface area contributed by atoms with Gasteiger partial charge in [-0.3, -0.25) is 4.79 Å². The number of rotatable bonds is 4. The van der Waals surface area contributed by atoms with E-state index in [9.17, 15) is 31.5 Å². The van der Waals surface area contributed by atoms with Crippen LogP contribution in [0.4, 0.5) is 22.0 Å². The Kier molecular flexibility index (Phi) is 4.81. The molecule has 0 heterocycles. The minimum atomic E-state index is -6.05. The number of nitrogens with one attached hydrogen (secondary N) is 1. The first-order valence-electron chi connectivity index (χ1n) is 4.02. The van der Waals surface area contributed by atoms with Crippen molar-refractivity contribution in [3.63, 3.8) is 0 Å².